The van der Waals surface area contributed by atoms with Crippen LogP contribution in [0, 0.1) is 18.3 Å². The Morgan fingerprint density at radius 3 is 2.82 bits per heavy atom. The minimum Gasteiger partial charge on any atom is -0.416 e. The number of aryl methyl sites for hydroxylation is 1. The number of hydrogen-bond acceptors (Lipinski definition) is 6. The lowest BCUT2D eigenvalue weighted by molar-refractivity contribution is 0.424. The van der Waals surface area contributed by atoms with E-state index in [1.54, 1.807) is 6.92 Å². The van der Waals surface area contributed by atoms with Gasteiger partial charge in [0, 0.05) is 12.7 Å². The molecule has 17 heavy (non-hydrogen) atoms. The van der Waals surface area contributed by atoms with E-state index < -0.39 is 5.54 Å². The van der Waals surface area contributed by atoms with Gasteiger partial charge in [0.05, 0.1) is 6.07 Å². The van der Waals surface area contributed by atoms with Gasteiger partial charge in [-0.3, -0.25) is 5.32 Å². The fourth-order valence-corrected chi connectivity index (χ4v) is 2.23. The molecule has 0 bridgehead atoms. The monoisotopic (exact) mass is 254 g/mol. The first-order chi connectivity index (χ1) is 8.09. The number of rotatable bonds is 7. The molecule has 0 aliphatic carbocycles. The summed E-state index contributed by atoms with van der Waals surface area (Å²) in [6.45, 7) is 6.62. The van der Waals surface area contributed by atoms with Crippen LogP contribution in [0.1, 0.15) is 32.6 Å². The van der Waals surface area contributed by atoms with Crippen molar-refractivity contribution in [3.8, 4) is 6.07 Å². The van der Waals surface area contributed by atoms with Gasteiger partial charge in [0.2, 0.25) is 5.89 Å². The standard InChI is InChI=1S/C11H18N4OS/c1-4-6-13-11(3,8-12)5-7-17-10-15-14-9(2)16-10/h13H,4-7H2,1-3H3. The molecule has 1 unspecified atom stereocenters. The summed E-state index contributed by atoms with van der Waals surface area (Å²) in [5.74, 6) is 1.35. The van der Waals surface area contributed by atoms with Crippen LogP contribution in [0.5, 0.6) is 0 Å². The first-order valence-corrected chi connectivity index (χ1v) is 6.67. The molecule has 1 heterocycles. The first kappa shape index (κ1) is 14.0. The SMILES string of the molecule is CCCNC(C)(C#N)CCSc1nnc(C)o1. The zero-order chi connectivity index (χ0) is 12.7. The second-order valence-electron chi connectivity index (χ2n) is 4.06. The Hall–Kier alpha value is -1.06. The predicted octanol–water partition coefficient (Wildman–Crippen LogP) is 2.14. The van der Waals surface area contributed by atoms with E-state index >= 15 is 0 Å². The molecular weight excluding hydrogens is 236 g/mol. The summed E-state index contributed by atoms with van der Waals surface area (Å²) in [6, 6.07) is 2.31. The van der Waals surface area contributed by atoms with Gasteiger partial charge in [-0.15, -0.1) is 10.2 Å². The fraction of sp³-hybridized carbons (Fsp3) is 0.727. The number of nitrogens with zero attached hydrogens (tertiary/aromatic N) is 3. The molecule has 0 aromatic carbocycles. The minimum atomic E-state index is -0.474. The Labute approximate surface area is 106 Å². The van der Waals surface area contributed by atoms with Crippen LogP contribution in [-0.2, 0) is 0 Å². The van der Waals surface area contributed by atoms with Crippen LogP contribution in [0.4, 0.5) is 0 Å². The van der Waals surface area contributed by atoms with Gasteiger partial charge in [-0.1, -0.05) is 18.7 Å². The summed E-state index contributed by atoms with van der Waals surface area (Å²) >= 11 is 1.49. The lowest BCUT2D eigenvalue weighted by Crippen LogP contribution is -2.41. The molecule has 0 radical (unpaired) electrons. The maximum atomic E-state index is 9.14. The molecule has 6 heteroatoms. The van der Waals surface area contributed by atoms with Crippen LogP contribution in [0.25, 0.3) is 0 Å². The molecule has 1 aromatic heterocycles. The van der Waals surface area contributed by atoms with Gasteiger partial charge in [-0.25, -0.2) is 0 Å². The van der Waals surface area contributed by atoms with Crippen LogP contribution in [-0.4, -0.2) is 28.0 Å². The maximum Gasteiger partial charge on any atom is 0.276 e. The summed E-state index contributed by atoms with van der Waals surface area (Å²) < 4.78 is 5.25. The molecule has 1 atom stereocenters. The Morgan fingerprint density at radius 1 is 1.53 bits per heavy atom. The topological polar surface area (TPSA) is 74.7 Å². The molecule has 0 aliphatic heterocycles. The maximum absolute atomic E-state index is 9.14. The minimum absolute atomic E-state index is 0.474. The van der Waals surface area contributed by atoms with Gasteiger partial charge < -0.3 is 4.42 Å². The Morgan fingerprint density at radius 2 is 2.29 bits per heavy atom. The van der Waals surface area contributed by atoms with E-state index in [2.05, 4.69) is 28.5 Å². The second-order valence-corrected chi connectivity index (χ2v) is 5.10. The van der Waals surface area contributed by atoms with Crippen molar-refractivity contribution in [2.24, 2.45) is 0 Å². The summed E-state index contributed by atoms with van der Waals surface area (Å²) in [7, 11) is 0. The molecule has 1 rings (SSSR count). The molecule has 0 saturated heterocycles. The average molecular weight is 254 g/mol. The van der Waals surface area contributed by atoms with Crippen LogP contribution in [0.3, 0.4) is 0 Å². The van der Waals surface area contributed by atoms with Crippen molar-refractivity contribution < 1.29 is 4.42 Å². The van der Waals surface area contributed by atoms with E-state index in [4.69, 9.17) is 9.68 Å². The lowest BCUT2D eigenvalue weighted by atomic mass is 10.0. The van der Waals surface area contributed by atoms with Crippen molar-refractivity contribution in [1.29, 1.82) is 5.26 Å². The average Bonchev–Trinajstić information content (AvgIpc) is 2.72. The van der Waals surface area contributed by atoms with E-state index in [-0.39, 0.29) is 0 Å². The molecule has 0 fully saturated rings. The molecule has 0 aliphatic rings. The van der Waals surface area contributed by atoms with Crippen molar-refractivity contribution in [2.75, 3.05) is 12.3 Å². The Kier molecular flexibility index (Phi) is 5.45. The fourth-order valence-electron chi connectivity index (χ4n) is 1.26. The molecule has 5 nitrogen and oxygen atoms in total. The van der Waals surface area contributed by atoms with Crippen molar-refractivity contribution in [3.05, 3.63) is 5.89 Å². The van der Waals surface area contributed by atoms with Gasteiger partial charge >= 0.3 is 0 Å². The van der Waals surface area contributed by atoms with Crippen molar-refractivity contribution in [3.63, 3.8) is 0 Å². The number of nitrogens with one attached hydrogen (secondary N) is 1. The molecule has 1 aromatic rings. The van der Waals surface area contributed by atoms with Gasteiger partial charge in [-0.05, 0) is 26.3 Å². The third-order valence-electron chi connectivity index (χ3n) is 2.35. The highest BCUT2D eigenvalue weighted by molar-refractivity contribution is 7.99. The normalized spacial score (nSPS) is 14.2. The zero-order valence-corrected chi connectivity index (χ0v) is 11.3. The number of hydrogen-bond donors (Lipinski definition) is 1. The van der Waals surface area contributed by atoms with E-state index in [1.165, 1.54) is 11.8 Å². The van der Waals surface area contributed by atoms with E-state index in [9.17, 15) is 0 Å². The summed E-state index contributed by atoms with van der Waals surface area (Å²) in [5.41, 5.74) is -0.474. The van der Waals surface area contributed by atoms with Crippen molar-refractivity contribution in [1.82, 2.24) is 15.5 Å². The molecule has 1 N–H and O–H groups in total. The largest absolute Gasteiger partial charge is 0.416 e. The smallest absolute Gasteiger partial charge is 0.276 e. The number of nitriles is 1. The Balaban J connectivity index is 2.35. The predicted molar refractivity (Wildman–Crippen MR) is 66.7 cm³/mol. The summed E-state index contributed by atoms with van der Waals surface area (Å²) in [6.07, 6.45) is 1.77. The van der Waals surface area contributed by atoms with Crippen LogP contribution >= 0.6 is 11.8 Å². The summed E-state index contributed by atoms with van der Waals surface area (Å²) in [5, 5.41) is 20.6. The number of aromatic nitrogens is 2. The van der Waals surface area contributed by atoms with Crippen LogP contribution in [0.15, 0.2) is 9.64 Å². The van der Waals surface area contributed by atoms with Crippen molar-refractivity contribution >= 4 is 11.8 Å². The van der Waals surface area contributed by atoms with Crippen LogP contribution < -0.4 is 5.32 Å². The van der Waals surface area contributed by atoms with E-state index in [1.807, 2.05) is 6.92 Å². The Bertz CT molecular complexity index is 387. The highest BCUT2D eigenvalue weighted by Gasteiger charge is 2.22. The zero-order valence-electron chi connectivity index (χ0n) is 10.5. The van der Waals surface area contributed by atoms with Crippen molar-refractivity contribution in [2.45, 2.75) is 44.4 Å². The third-order valence-corrected chi connectivity index (χ3v) is 3.17. The van der Waals surface area contributed by atoms with E-state index in [0.717, 1.165) is 25.1 Å². The van der Waals surface area contributed by atoms with Gasteiger partial charge in [0.1, 0.15) is 5.54 Å². The molecule has 94 valence electrons. The molecule has 0 spiro atoms. The molecular formula is C11H18N4OS. The lowest BCUT2D eigenvalue weighted by Gasteiger charge is -2.22. The second kappa shape index (κ2) is 6.62. The highest BCUT2D eigenvalue weighted by Crippen LogP contribution is 2.20. The first-order valence-electron chi connectivity index (χ1n) is 5.69. The quantitative estimate of drug-likeness (QED) is 0.751. The van der Waals surface area contributed by atoms with Gasteiger partial charge in [0.25, 0.3) is 5.22 Å². The van der Waals surface area contributed by atoms with E-state index in [0.29, 0.717) is 11.1 Å². The third kappa shape index (κ3) is 4.75. The number of thioether (sulfide) groups is 1. The molecule has 0 amide bonds. The highest BCUT2D eigenvalue weighted by atomic mass is 32.2. The van der Waals surface area contributed by atoms with Gasteiger partial charge in [-0.2, -0.15) is 5.26 Å². The molecule has 0 saturated carbocycles. The summed E-state index contributed by atoms with van der Waals surface area (Å²) in [4.78, 5) is 0. The van der Waals surface area contributed by atoms with Gasteiger partial charge in [0.15, 0.2) is 0 Å². The van der Waals surface area contributed by atoms with Crippen LogP contribution in [0.2, 0.25) is 0 Å².